The summed E-state index contributed by atoms with van der Waals surface area (Å²) in [5, 5.41) is 2.95. The van der Waals surface area contributed by atoms with E-state index in [1.165, 1.54) is 5.56 Å². The Morgan fingerprint density at radius 2 is 1.59 bits per heavy atom. The van der Waals surface area contributed by atoms with Crippen LogP contribution in [0.15, 0.2) is 54.6 Å². The van der Waals surface area contributed by atoms with Gasteiger partial charge in [0.2, 0.25) is 5.91 Å². The molecule has 4 nitrogen and oxygen atoms in total. The zero-order chi connectivity index (χ0) is 15.2. The zero-order valence-electron chi connectivity index (χ0n) is 12.5. The molecule has 3 rings (SSSR count). The van der Waals surface area contributed by atoms with Gasteiger partial charge >= 0.3 is 0 Å². The van der Waals surface area contributed by atoms with Gasteiger partial charge in [0.1, 0.15) is 0 Å². The summed E-state index contributed by atoms with van der Waals surface area (Å²) in [6.45, 7) is 3.47. The Morgan fingerprint density at radius 1 is 0.955 bits per heavy atom. The van der Waals surface area contributed by atoms with Crippen LogP contribution in [-0.2, 0) is 9.53 Å². The standard InChI is InChI=1S/C18H20N2O2/c21-18(14-20-10-12-22-13-11-20)19-17-8-6-16(7-9-17)15-4-2-1-3-5-15/h1-9H,10-14H2,(H,19,21). The van der Waals surface area contributed by atoms with Crippen molar-refractivity contribution in [3.05, 3.63) is 54.6 Å². The number of hydrogen-bond acceptors (Lipinski definition) is 3. The average Bonchev–Trinajstić information content (AvgIpc) is 2.57. The molecule has 0 aliphatic carbocycles. The van der Waals surface area contributed by atoms with Gasteiger partial charge < -0.3 is 10.1 Å². The Balaban J connectivity index is 1.57. The van der Waals surface area contributed by atoms with Gasteiger partial charge in [-0.2, -0.15) is 0 Å². The van der Waals surface area contributed by atoms with Gasteiger partial charge in [0.05, 0.1) is 19.8 Å². The van der Waals surface area contributed by atoms with Crippen molar-refractivity contribution >= 4 is 11.6 Å². The van der Waals surface area contributed by atoms with E-state index in [0.29, 0.717) is 19.8 Å². The van der Waals surface area contributed by atoms with Crippen LogP contribution in [0.1, 0.15) is 0 Å². The van der Waals surface area contributed by atoms with Gasteiger partial charge in [-0.3, -0.25) is 9.69 Å². The molecule has 1 saturated heterocycles. The molecule has 0 spiro atoms. The molecule has 0 atom stereocenters. The molecule has 1 N–H and O–H groups in total. The lowest BCUT2D eigenvalue weighted by molar-refractivity contribution is -0.118. The third kappa shape index (κ3) is 3.93. The van der Waals surface area contributed by atoms with Crippen LogP contribution in [-0.4, -0.2) is 43.7 Å². The van der Waals surface area contributed by atoms with Crippen molar-refractivity contribution in [2.24, 2.45) is 0 Å². The maximum atomic E-state index is 12.0. The highest BCUT2D eigenvalue weighted by Gasteiger charge is 2.14. The number of anilines is 1. The summed E-state index contributed by atoms with van der Waals surface area (Å²) in [6, 6.07) is 18.1. The first-order chi connectivity index (χ1) is 10.8. The highest BCUT2D eigenvalue weighted by Crippen LogP contribution is 2.20. The molecule has 22 heavy (non-hydrogen) atoms. The third-order valence-corrected chi connectivity index (χ3v) is 3.75. The first kappa shape index (κ1) is 14.8. The van der Waals surface area contributed by atoms with Crippen molar-refractivity contribution in [1.29, 1.82) is 0 Å². The fourth-order valence-electron chi connectivity index (χ4n) is 2.54. The van der Waals surface area contributed by atoms with E-state index < -0.39 is 0 Å². The topological polar surface area (TPSA) is 41.6 Å². The van der Waals surface area contributed by atoms with Crippen LogP contribution < -0.4 is 5.32 Å². The monoisotopic (exact) mass is 296 g/mol. The van der Waals surface area contributed by atoms with E-state index in [1.54, 1.807) is 0 Å². The molecule has 0 radical (unpaired) electrons. The predicted octanol–water partition coefficient (Wildman–Crippen LogP) is 2.62. The quantitative estimate of drug-likeness (QED) is 0.943. The van der Waals surface area contributed by atoms with Gasteiger partial charge in [-0.25, -0.2) is 0 Å². The number of hydrogen-bond donors (Lipinski definition) is 1. The van der Waals surface area contributed by atoms with Gasteiger partial charge in [-0.05, 0) is 23.3 Å². The van der Waals surface area contributed by atoms with Crippen LogP contribution >= 0.6 is 0 Å². The lowest BCUT2D eigenvalue weighted by Crippen LogP contribution is -2.41. The second-order valence-electron chi connectivity index (χ2n) is 5.38. The lowest BCUT2D eigenvalue weighted by Gasteiger charge is -2.25. The summed E-state index contributed by atoms with van der Waals surface area (Å²) in [7, 11) is 0. The minimum atomic E-state index is 0.0226. The summed E-state index contributed by atoms with van der Waals surface area (Å²) < 4.78 is 5.28. The molecule has 0 saturated carbocycles. The number of carbonyl (C=O) groups excluding carboxylic acids is 1. The van der Waals surface area contributed by atoms with E-state index in [-0.39, 0.29) is 5.91 Å². The predicted molar refractivity (Wildman–Crippen MR) is 87.8 cm³/mol. The number of benzene rings is 2. The van der Waals surface area contributed by atoms with E-state index in [9.17, 15) is 4.79 Å². The molecule has 2 aromatic carbocycles. The van der Waals surface area contributed by atoms with Crippen LogP contribution in [0, 0.1) is 0 Å². The lowest BCUT2D eigenvalue weighted by atomic mass is 10.1. The van der Waals surface area contributed by atoms with Crippen molar-refractivity contribution in [2.45, 2.75) is 0 Å². The molecule has 0 aromatic heterocycles. The molecule has 0 unspecified atom stereocenters. The second-order valence-corrected chi connectivity index (χ2v) is 5.38. The van der Waals surface area contributed by atoms with Crippen molar-refractivity contribution in [3.8, 4) is 11.1 Å². The molecule has 1 amide bonds. The molecule has 114 valence electrons. The van der Waals surface area contributed by atoms with Crippen LogP contribution in [0.4, 0.5) is 5.69 Å². The normalized spacial score (nSPS) is 15.5. The van der Waals surface area contributed by atoms with Crippen LogP contribution in [0.3, 0.4) is 0 Å². The van der Waals surface area contributed by atoms with E-state index in [2.05, 4.69) is 22.3 Å². The number of nitrogens with zero attached hydrogens (tertiary/aromatic N) is 1. The van der Waals surface area contributed by atoms with Crippen molar-refractivity contribution in [2.75, 3.05) is 38.2 Å². The number of carbonyl (C=O) groups is 1. The zero-order valence-corrected chi connectivity index (χ0v) is 12.5. The maximum absolute atomic E-state index is 12.0. The fraction of sp³-hybridized carbons (Fsp3) is 0.278. The molecule has 2 aromatic rings. The van der Waals surface area contributed by atoms with Gasteiger partial charge in [0.25, 0.3) is 0 Å². The van der Waals surface area contributed by atoms with Gasteiger partial charge in [-0.15, -0.1) is 0 Å². The van der Waals surface area contributed by atoms with Crippen molar-refractivity contribution in [1.82, 2.24) is 4.90 Å². The van der Waals surface area contributed by atoms with Crippen LogP contribution in [0.5, 0.6) is 0 Å². The molecule has 1 heterocycles. The Bertz CT molecular complexity index is 605. The second kappa shape index (κ2) is 7.20. The smallest absolute Gasteiger partial charge is 0.238 e. The Labute approximate surface area is 130 Å². The van der Waals surface area contributed by atoms with Gasteiger partial charge in [0.15, 0.2) is 0 Å². The largest absolute Gasteiger partial charge is 0.379 e. The number of amides is 1. The van der Waals surface area contributed by atoms with Crippen LogP contribution in [0.25, 0.3) is 11.1 Å². The average molecular weight is 296 g/mol. The van der Waals surface area contributed by atoms with E-state index in [0.717, 1.165) is 24.3 Å². The Morgan fingerprint density at radius 3 is 2.27 bits per heavy atom. The van der Waals surface area contributed by atoms with Gasteiger partial charge in [0, 0.05) is 18.8 Å². The maximum Gasteiger partial charge on any atom is 0.238 e. The summed E-state index contributed by atoms with van der Waals surface area (Å²) >= 11 is 0. The van der Waals surface area contributed by atoms with E-state index in [4.69, 9.17) is 4.74 Å². The van der Waals surface area contributed by atoms with Gasteiger partial charge in [-0.1, -0.05) is 42.5 Å². The number of nitrogens with one attached hydrogen (secondary N) is 1. The molecule has 1 aliphatic heterocycles. The fourth-order valence-corrected chi connectivity index (χ4v) is 2.54. The number of rotatable bonds is 4. The summed E-state index contributed by atoms with van der Waals surface area (Å²) in [6.07, 6.45) is 0. The van der Waals surface area contributed by atoms with Crippen molar-refractivity contribution < 1.29 is 9.53 Å². The Kier molecular flexibility index (Phi) is 4.83. The first-order valence-electron chi connectivity index (χ1n) is 7.57. The molecule has 0 bridgehead atoms. The third-order valence-electron chi connectivity index (χ3n) is 3.75. The Hall–Kier alpha value is -2.17. The molecular weight excluding hydrogens is 276 g/mol. The minimum absolute atomic E-state index is 0.0226. The minimum Gasteiger partial charge on any atom is -0.379 e. The molecule has 1 fully saturated rings. The number of morpholine rings is 1. The van der Waals surface area contributed by atoms with Crippen molar-refractivity contribution in [3.63, 3.8) is 0 Å². The molecular formula is C18H20N2O2. The van der Waals surface area contributed by atoms with Crippen LogP contribution in [0.2, 0.25) is 0 Å². The molecule has 1 aliphatic rings. The number of ether oxygens (including phenoxy) is 1. The SMILES string of the molecule is O=C(CN1CCOCC1)Nc1ccc(-c2ccccc2)cc1. The first-order valence-corrected chi connectivity index (χ1v) is 7.57. The summed E-state index contributed by atoms with van der Waals surface area (Å²) in [4.78, 5) is 14.2. The molecule has 4 heteroatoms. The summed E-state index contributed by atoms with van der Waals surface area (Å²) in [5.74, 6) is 0.0226. The van der Waals surface area contributed by atoms with E-state index >= 15 is 0 Å². The highest BCUT2D eigenvalue weighted by molar-refractivity contribution is 5.92. The summed E-state index contributed by atoms with van der Waals surface area (Å²) in [5.41, 5.74) is 3.15. The van der Waals surface area contributed by atoms with E-state index in [1.807, 2.05) is 42.5 Å². The highest BCUT2D eigenvalue weighted by atomic mass is 16.5.